The zero-order valence-corrected chi connectivity index (χ0v) is 8.34. The first-order valence-corrected chi connectivity index (χ1v) is 5.26. The van der Waals surface area contributed by atoms with Crippen molar-refractivity contribution < 1.29 is 0 Å². The van der Waals surface area contributed by atoms with Crippen molar-refractivity contribution in [1.82, 2.24) is 9.78 Å². The largest absolute Gasteiger partial charge is 0.332 e. The predicted molar refractivity (Wildman–Crippen MR) is 56.2 cm³/mol. The molecule has 2 heterocycles. The molecule has 2 rings (SSSR count). The monoisotopic (exact) mass is 196 g/mol. The van der Waals surface area contributed by atoms with Crippen molar-refractivity contribution >= 4 is 22.6 Å². The van der Waals surface area contributed by atoms with E-state index in [2.05, 4.69) is 15.4 Å². The molecule has 0 atom stereocenters. The van der Waals surface area contributed by atoms with Crippen LogP contribution in [0.25, 0.3) is 0 Å². The predicted octanol–water partition coefficient (Wildman–Crippen LogP) is 1.32. The summed E-state index contributed by atoms with van der Waals surface area (Å²) in [5.74, 6) is 1.16. The summed E-state index contributed by atoms with van der Waals surface area (Å²) in [4.78, 5) is 4.37. The van der Waals surface area contributed by atoms with Crippen LogP contribution in [0.4, 0.5) is 5.69 Å². The van der Waals surface area contributed by atoms with Crippen LogP contribution in [-0.2, 0) is 7.05 Å². The second kappa shape index (κ2) is 3.83. The Morgan fingerprint density at radius 2 is 2.54 bits per heavy atom. The van der Waals surface area contributed by atoms with E-state index < -0.39 is 0 Å². The van der Waals surface area contributed by atoms with Gasteiger partial charge in [0.2, 0.25) is 0 Å². The van der Waals surface area contributed by atoms with E-state index in [4.69, 9.17) is 0 Å². The van der Waals surface area contributed by atoms with Crippen molar-refractivity contribution in [2.45, 2.75) is 6.42 Å². The quantitative estimate of drug-likeness (QED) is 0.736. The Labute approximate surface area is 81.4 Å². The van der Waals surface area contributed by atoms with Gasteiger partial charge in [-0.15, -0.1) is 0 Å². The molecular weight excluding hydrogens is 184 g/mol. The number of amidine groups is 1. The van der Waals surface area contributed by atoms with Gasteiger partial charge >= 0.3 is 0 Å². The summed E-state index contributed by atoms with van der Waals surface area (Å²) in [6.45, 7) is 0.940. The Balaban J connectivity index is 2.01. The molecule has 0 saturated heterocycles. The highest BCUT2D eigenvalue weighted by Crippen LogP contribution is 2.14. The number of hydrogen-bond acceptors (Lipinski definition) is 4. The first kappa shape index (κ1) is 8.62. The molecule has 1 aliphatic rings. The summed E-state index contributed by atoms with van der Waals surface area (Å²) in [7, 11) is 1.90. The molecule has 1 N–H and O–H groups in total. The fraction of sp³-hybridized carbons (Fsp3) is 0.500. The fourth-order valence-corrected chi connectivity index (χ4v) is 1.98. The molecule has 0 aromatic carbocycles. The lowest BCUT2D eigenvalue weighted by molar-refractivity contribution is 0.768. The molecule has 0 saturated carbocycles. The third-order valence-electron chi connectivity index (χ3n) is 1.75. The van der Waals surface area contributed by atoms with E-state index in [-0.39, 0.29) is 0 Å². The van der Waals surface area contributed by atoms with Gasteiger partial charge in [0.25, 0.3) is 0 Å². The first-order valence-electron chi connectivity index (χ1n) is 4.27. The van der Waals surface area contributed by atoms with E-state index in [1.54, 1.807) is 22.6 Å². The second-order valence-corrected chi connectivity index (χ2v) is 4.00. The third-order valence-corrected chi connectivity index (χ3v) is 2.75. The Bertz CT molecular complexity index is 318. The van der Waals surface area contributed by atoms with E-state index in [0.717, 1.165) is 23.2 Å². The van der Waals surface area contributed by atoms with Gasteiger partial charge in [0.05, 0.1) is 11.9 Å². The van der Waals surface area contributed by atoms with Crippen LogP contribution in [-0.4, -0.2) is 27.2 Å². The van der Waals surface area contributed by atoms with Crippen LogP contribution in [0.1, 0.15) is 6.42 Å². The van der Waals surface area contributed by atoms with Gasteiger partial charge in [0.15, 0.2) is 5.17 Å². The summed E-state index contributed by atoms with van der Waals surface area (Å²) in [5.41, 5.74) is 1.01. The lowest BCUT2D eigenvalue weighted by atomic mass is 10.5. The highest BCUT2D eigenvalue weighted by atomic mass is 32.2. The van der Waals surface area contributed by atoms with Gasteiger partial charge in [-0.25, -0.2) is 0 Å². The van der Waals surface area contributed by atoms with Crippen LogP contribution in [0.15, 0.2) is 17.4 Å². The molecular formula is C8H12N4S. The summed E-state index contributed by atoms with van der Waals surface area (Å²) < 4.78 is 1.77. The van der Waals surface area contributed by atoms with Crippen LogP contribution in [0.3, 0.4) is 0 Å². The molecule has 0 unspecified atom stereocenters. The second-order valence-electron chi connectivity index (χ2n) is 2.92. The molecule has 5 heteroatoms. The minimum atomic E-state index is 0.940. The minimum Gasteiger partial charge on any atom is -0.332 e. The average Bonchev–Trinajstić information content (AvgIpc) is 2.53. The maximum absolute atomic E-state index is 4.37. The third kappa shape index (κ3) is 2.24. The van der Waals surface area contributed by atoms with E-state index in [9.17, 15) is 0 Å². The van der Waals surface area contributed by atoms with Crippen LogP contribution >= 0.6 is 11.8 Å². The average molecular weight is 196 g/mol. The maximum atomic E-state index is 4.37. The zero-order chi connectivity index (χ0) is 9.10. The molecule has 70 valence electrons. The fourth-order valence-electron chi connectivity index (χ4n) is 1.14. The summed E-state index contributed by atoms with van der Waals surface area (Å²) in [6, 6.07) is 0. The van der Waals surface area contributed by atoms with Crippen molar-refractivity contribution in [3.8, 4) is 0 Å². The van der Waals surface area contributed by atoms with Crippen molar-refractivity contribution in [2.24, 2.45) is 12.0 Å². The first-order chi connectivity index (χ1) is 6.34. The van der Waals surface area contributed by atoms with Gasteiger partial charge in [0, 0.05) is 25.5 Å². The number of aryl methyl sites for hydroxylation is 1. The number of thioether (sulfide) groups is 1. The van der Waals surface area contributed by atoms with Crippen molar-refractivity contribution in [2.75, 3.05) is 17.6 Å². The Kier molecular flexibility index (Phi) is 2.54. The smallest absolute Gasteiger partial charge is 0.161 e. The van der Waals surface area contributed by atoms with Crippen molar-refractivity contribution in [3.05, 3.63) is 12.4 Å². The van der Waals surface area contributed by atoms with E-state index in [1.165, 1.54) is 6.42 Å². The molecule has 0 amide bonds. The van der Waals surface area contributed by atoms with Crippen molar-refractivity contribution in [3.63, 3.8) is 0 Å². The van der Waals surface area contributed by atoms with Gasteiger partial charge in [-0.2, -0.15) is 5.10 Å². The Hall–Kier alpha value is -0.970. The van der Waals surface area contributed by atoms with Gasteiger partial charge < -0.3 is 5.32 Å². The Morgan fingerprint density at radius 3 is 3.15 bits per heavy atom. The van der Waals surface area contributed by atoms with Gasteiger partial charge in [-0.3, -0.25) is 9.67 Å². The number of anilines is 1. The molecule has 0 bridgehead atoms. The topological polar surface area (TPSA) is 42.2 Å². The van der Waals surface area contributed by atoms with Crippen molar-refractivity contribution in [1.29, 1.82) is 0 Å². The summed E-state index contributed by atoms with van der Waals surface area (Å²) in [5, 5.41) is 8.32. The highest BCUT2D eigenvalue weighted by Gasteiger charge is 2.06. The maximum Gasteiger partial charge on any atom is 0.161 e. The summed E-state index contributed by atoms with van der Waals surface area (Å²) >= 11 is 1.77. The normalized spacial score (nSPS) is 16.8. The number of rotatable bonds is 1. The van der Waals surface area contributed by atoms with E-state index >= 15 is 0 Å². The molecule has 1 aliphatic heterocycles. The van der Waals surface area contributed by atoms with Gasteiger partial charge in [0.1, 0.15) is 0 Å². The van der Waals surface area contributed by atoms with Gasteiger partial charge in [-0.05, 0) is 6.42 Å². The highest BCUT2D eigenvalue weighted by molar-refractivity contribution is 8.14. The standard InChI is InChI=1S/C8H12N4S/c1-12-6-7(5-10-12)11-8-9-3-2-4-13-8/h5-6H,2-4H2,1H3,(H,9,11). The molecule has 0 aliphatic carbocycles. The molecule has 0 spiro atoms. The molecule has 0 fully saturated rings. The molecule has 1 aromatic heterocycles. The van der Waals surface area contributed by atoms with Crippen LogP contribution in [0.2, 0.25) is 0 Å². The van der Waals surface area contributed by atoms with Gasteiger partial charge in [-0.1, -0.05) is 11.8 Å². The lowest BCUT2D eigenvalue weighted by Gasteiger charge is -2.11. The number of hydrogen-bond donors (Lipinski definition) is 1. The minimum absolute atomic E-state index is 0.940. The van der Waals surface area contributed by atoms with E-state index in [1.807, 2.05) is 13.2 Å². The summed E-state index contributed by atoms with van der Waals surface area (Å²) in [6.07, 6.45) is 4.93. The molecule has 0 radical (unpaired) electrons. The molecule has 4 nitrogen and oxygen atoms in total. The SMILES string of the molecule is Cn1cc(NC2=NCCCS2)cn1. The zero-order valence-electron chi connectivity index (χ0n) is 7.53. The number of aliphatic imine (C=N–C) groups is 1. The lowest BCUT2D eigenvalue weighted by Crippen LogP contribution is -2.12. The number of nitrogens with one attached hydrogen (secondary N) is 1. The van der Waals surface area contributed by atoms with Crippen LogP contribution in [0, 0.1) is 0 Å². The van der Waals surface area contributed by atoms with E-state index in [0.29, 0.717) is 0 Å². The Morgan fingerprint density at radius 1 is 1.62 bits per heavy atom. The molecule has 13 heavy (non-hydrogen) atoms. The number of aromatic nitrogens is 2. The van der Waals surface area contributed by atoms with Crippen LogP contribution < -0.4 is 5.32 Å². The van der Waals surface area contributed by atoms with Crippen LogP contribution in [0.5, 0.6) is 0 Å². The number of nitrogens with zero attached hydrogens (tertiary/aromatic N) is 3. The molecule has 1 aromatic rings.